The monoisotopic (exact) mass is 620 g/mol. The van der Waals surface area contributed by atoms with Gasteiger partial charge in [0.15, 0.2) is 6.29 Å². The minimum atomic E-state index is -1.34. The summed E-state index contributed by atoms with van der Waals surface area (Å²) in [6.45, 7) is 28.3. The molecule has 7 nitrogen and oxygen atoms in total. The van der Waals surface area contributed by atoms with Gasteiger partial charge in [0.2, 0.25) is 0 Å². The first kappa shape index (κ1) is 38.7. The number of rotatable bonds is 8. The molecule has 2 aliphatic rings. The zero-order chi connectivity index (χ0) is 33.4. The summed E-state index contributed by atoms with van der Waals surface area (Å²) in [5.74, 6) is 1.65. The third-order valence-electron chi connectivity index (χ3n) is 9.65. The zero-order valence-electron chi connectivity index (χ0n) is 29.2. The van der Waals surface area contributed by atoms with Crippen molar-refractivity contribution in [3.8, 4) is 0 Å². The lowest BCUT2D eigenvalue weighted by molar-refractivity contribution is -0.274. The first-order chi connectivity index (χ1) is 20.4. The van der Waals surface area contributed by atoms with Crippen LogP contribution in [-0.4, -0.2) is 69.9 Å². The van der Waals surface area contributed by atoms with Gasteiger partial charge in [-0.2, -0.15) is 0 Å². The lowest BCUT2D eigenvalue weighted by atomic mass is 9.79. The Hall–Kier alpha value is -1.48. The molecule has 1 saturated heterocycles. The molecule has 0 aromatic carbocycles. The molecule has 0 bridgehead atoms. The number of ether oxygens (including phenoxy) is 4. The van der Waals surface area contributed by atoms with Crippen molar-refractivity contribution in [2.75, 3.05) is 0 Å². The highest BCUT2D eigenvalue weighted by atomic mass is 16.7. The van der Waals surface area contributed by atoms with Crippen molar-refractivity contribution in [2.45, 2.75) is 156 Å². The van der Waals surface area contributed by atoms with Crippen LogP contribution in [0.15, 0.2) is 48.8 Å². The maximum atomic E-state index is 10.8. The maximum Gasteiger partial charge on any atom is 0.158 e. The molecule has 0 radical (unpaired) electrons. The predicted molar refractivity (Wildman–Crippen MR) is 178 cm³/mol. The van der Waals surface area contributed by atoms with E-state index < -0.39 is 17.8 Å². The Morgan fingerprint density at radius 2 is 1.66 bits per heavy atom. The zero-order valence-corrected chi connectivity index (χ0v) is 29.2. The van der Waals surface area contributed by atoms with Gasteiger partial charge in [-0.05, 0) is 76.2 Å². The molecule has 254 valence electrons. The fraction of sp³-hybridized carbons (Fsp3) is 0.784. The molecule has 0 aromatic rings. The Kier molecular flexibility index (Phi) is 15.3. The summed E-state index contributed by atoms with van der Waals surface area (Å²) in [5, 5.41) is 32.1. The fourth-order valence-corrected chi connectivity index (χ4v) is 6.92. The Labute approximate surface area is 268 Å². The molecule has 0 amide bonds. The summed E-state index contributed by atoms with van der Waals surface area (Å²) in [4.78, 5) is 0. The van der Waals surface area contributed by atoms with Crippen molar-refractivity contribution in [3.05, 3.63) is 48.8 Å². The molecule has 0 aliphatic carbocycles. The largest absolute Gasteiger partial charge is 0.495 e. The van der Waals surface area contributed by atoms with Gasteiger partial charge in [-0.15, -0.1) is 0 Å². The molecule has 2 heterocycles. The lowest BCUT2D eigenvalue weighted by Gasteiger charge is -2.44. The molecule has 0 aromatic heterocycles. The van der Waals surface area contributed by atoms with Crippen molar-refractivity contribution in [3.63, 3.8) is 0 Å². The SMILES string of the molecule is C=C1C[C@@H](C)C(C)C(OC2CC(C)C(OC(C)CC(C)(O)C(O)C(=C)C)C(C)O2)[C@@H](C)C[C@@H](C)C(O)/C=C/C=C/C[C@@H](C)O1. The molecule has 0 saturated carbocycles. The van der Waals surface area contributed by atoms with E-state index in [0.29, 0.717) is 12.0 Å². The lowest BCUT2D eigenvalue weighted by Crippen LogP contribution is -2.50. The molecule has 10 unspecified atom stereocenters. The molecule has 3 N–H and O–H groups in total. The van der Waals surface area contributed by atoms with E-state index in [-0.39, 0.29) is 72.8 Å². The molecule has 2 rings (SSSR count). The highest BCUT2D eigenvalue weighted by Gasteiger charge is 2.41. The third-order valence-corrected chi connectivity index (χ3v) is 9.65. The third kappa shape index (κ3) is 11.7. The molecule has 7 heteroatoms. The van der Waals surface area contributed by atoms with Gasteiger partial charge in [-0.3, -0.25) is 0 Å². The van der Waals surface area contributed by atoms with Gasteiger partial charge in [0.1, 0.15) is 6.10 Å². The van der Waals surface area contributed by atoms with E-state index in [4.69, 9.17) is 18.9 Å². The standard InChI is InChI=1S/C37H64O7/c1-22(2)36(39)37(12,40)21-29(9)42-35-26(6)20-33(43-31(35)11)44-34-25(5)18-24(4)32(38)17-15-13-14-16-27(7)41-28(8)19-23(3)30(34)10/h13-15,17,23-27,29-36,38-40H,1,8,16,18-21H2,2-7,9-12H3/b14-13+,17-15+/t23-,24-,25+,26?,27-,29?,30?,31?,32?,33?,34?,35?,36?,37?/m1/s1. The molecule has 44 heavy (non-hydrogen) atoms. The molecular formula is C37H64O7. The average molecular weight is 621 g/mol. The topological polar surface area (TPSA) is 97.6 Å². The molecule has 0 spiro atoms. The van der Waals surface area contributed by atoms with Crippen molar-refractivity contribution < 1.29 is 34.3 Å². The van der Waals surface area contributed by atoms with Gasteiger partial charge in [0, 0.05) is 25.7 Å². The summed E-state index contributed by atoms with van der Waals surface area (Å²) in [6, 6.07) is 0. The van der Waals surface area contributed by atoms with Gasteiger partial charge in [0.05, 0.1) is 48.0 Å². The predicted octanol–water partition coefficient (Wildman–Crippen LogP) is 7.11. The number of aliphatic hydroxyl groups excluding tert-OH is 2. The molecule has 2 aliphatic heterocycles. The second kappa shape index (κ2) is 17.4. The summed E-state index contributed by atoms with van der Waals surface area (Å²) in [5.41, 5.74) is -0.812. The van der Waals surface area contributed by atoms with Gasteiger partial charge in [0.25, 0.3) is 0 Å². The van der Waals surface area contributed by atoms with Crippen LogP contribution in [0.4, 0.5) is 0 Å². The summed E-state index contributed by atoms with van der Waals surface area (Å²) in [6.07, 6.45) is 8.39. The van der Waals surface area contributed by atoms with E-state index in [2.05, 4.69) is 60.8 Å². The van der Waals surface area contributed by atoms with Crippen molar-refractivity contribution in [2.24, 2.45) is 29.6 Å². The highest BCUT2D eigenvalue weighted by molar-refractivity contribution is 5.07. The van der Waals surface area contributed by atoms with E-state index in [0.717, 1.165) is 25.0 Å². The van der Waals surface area contributed by atoms with E-state index in [9.17, 15) is 15.3 Å². The van der Waals surface area contributed by atoms with E-state index in [1.165, 1.54) is 0 Å². The second-order valence-electron chi connectivity index (χ2n) is 14.5. The van der Waals surface area contributed by atoms with Crippen LogP contribution in [0, 0.1) is 29.6 Å². The summed E-state index contributed by atoms with van der Waals surface area (Å²) >= 11 is 0. The number of hydrogen-bond acceptors (Lipinski definition) is 7. The van der Waals surface area contributed by atoms with Crippen molar-refractivity contribution in [1.29, 1.82) is 0 Å². The Bertz CT molecular complexity index is 945. The first-order valence-corrected chi connectivity index (χ1v) is 16.8. The summed E-state index contributed by atoms with van der Waals surface area (Å²) in [7, 11) is 0. The maximum absolute atomic E-state index is 10.8. The Morgan fingerprint density at radius 3 is 2.27 bits per heavy atom. The number of allylic oxidation sites excluding steroid dienone is 3. The average Bonchev–Trinajstić information content (AvgIpc) is 2.91. The molecular weight excluding hydrogens is 556 g/mol. The van der Waals surface area contributed by atoms with E-state index in [1.54, 1.807) is 13.8 Å². The van der Waals surface area contributed by atoms with Crippen LogP contribution in [0.3, 0.4) is 0 Å². The number of aliphatic hydroxyl groups is 3. The van der Waals surface area contributed by atoms with E-state index in [1.807, 2.05) is 32.1 Å². The highest BCUT2D eigenvalue weighted by Crippen LogP contribution is 2.37. The van der Waals surface area contributed by atoms with Gasteiger partial charge in [-0.1, -0.05) is 72.1 Å². The smallest absolute Gasteiger partial charge is 0.158 e. The second-order valence-corrected chi connectivity index (χ2v) is 14.5. The van der Waals surface area contributed by atoms with Crippen LogP contribution in [0.2, 0.25) is 0 Å². The van der Waals surface area contributed by atoms with Crippen LogP contribution in [0.25, 0.3) is 0 Å². The molecule has 1 fully saturated rings. The Balaban J connectivity index is 2.17. The van der Waals surface area contributed by atoms with Crippen LogP contribution >= 0.6 is 0 Å². The number of hydrogen-bond donors (Lipinski definition) is 3. The van der Waals surface area contributed by atoms with Crippen LogP contribution in [0.1, 0.15) is 101 Å². The molecule has 14 atom stereocenters. The van der Waals surface area contributed by atoms with Gasteiger partial charge >= 0.3 is 0 Å². The quantitative estimate of drug-likeness (QED) is 0.249. The Morgan fingerprint density at radius 1 is 1.02 bits per heavy atom. The van der Waals surface area contributed by atoms with Gasteiger partial charge in [-0.25, -0.2) is 0 Å². The minimum absolute atomic E-state index is 0.0242. The van der Waals surface area contributed by atoms with Crippen LogP contribution in [-0.2, 0) is 18.9 Å². The van der Waals surface area contributed by atoms with Crippen molar-refractivity contribution in [1.82, 2.24) is 0 Å². The first-order valence-electron chi connectivity index (χ1n) is 16.8. The normalized spacial score (nSPS) is 40.7. The van der Waals surface area contributed by atoms with Crippen LogP contribution in [0.5, 0.6) is 0 Å². The van der Waals surface area contributed by atoms with Crippen LogP contribution < -0.4 is 0 Å². The van der Waals surface area contributed by atoms with Crippen molar-refractivity contribution >= 4 is 0 Å². The minimum Gasteiger partial charge on any atom is -0.495 e. The van der Waals surface area contributed by atoms with Gasteiger partial charge < -0.3 is 34.3 Å². The fourth-order valence-electron chi connectivity index (χ4n) is 6.92. The summed E-state index contributed by atoms with van der Waals surface area (Å²) < 4.78 is 25.9. The van der Waals surface area contributed by atoms with E-state index >= 15 is 0 Å².